The topological polar surface area (TPSA) is 66.6 Å². The number of piperazine rings is 1. The van der Waals surface area contributed by atoms with Crippen LogP contribution < -0.4 is 5.73 Å². The van der Waals surface area contributed by atoms with Crippen LogP contribution in [0.25, 0.3) is 0 Å². The molecule has 2 aliphatic carbocycles. The minimum atomic E-state index is -0.409. The number of benzene rings is 1. The Bertz CT molecular complexity index is 668. The predicted octanol–water partition coefficient (Wildman–Crippen LogP) is 1.97. The van der Waals surface area contributed by atoms with Crippen molar-refractivity contribution in [1.82, 2.24) is 9.80 Å². The Hall–Kier alpha value is -1.88. The molecular formula is C20H27N3O2. The molecule has 1 aromatic carbocycles. The van der Waals surface area contributed by atoms with Gasteiger partial charge in [-0.05, 0) is 49.8 Å². The average molecular weight is 341 g/mol. The second kappa shape index (κ2) is 6.45. The van der Waals surface area contributed by atoms with E-state index in [1.807, 2.05) is 12.1 Å². The molecule has 3 aliphatic rings. The summed E-state index contributed by atoms with van der Waals surface area (Å²) >= 11 is 0. The van der Waals surface area contributed by atoms with E-state index < -0.39 is 5.91 Å². The summed E-state index contributed by atoms with van der Waals surface area (Å²) in [5.41, 5.74) is 6.95. The summed E-state index contributed by atoms with van der Waals surface area (Å²) in [7, 11) is 0. The van der Waals surface area contributed by atoms with E-state index in [2.05, 4.69) is 16.7 Å². The second-order valence-corrected chi connectivity index (χ2v) is 7.90. The standard InChI is InChI=1S/C20H27N3O2/c1-13-12-22(16-3-2-4-16)9-10-23(13)20(25)18-11-17(18)14-5-7-15(8-6-14)19(21)24/h5-8,13,16-18H,2-4,9-12H2,1H3,(H2,21,24)/t13-,17-,18+/m0/s1. The molecule has 0 aromatic heterocycles. The zero-order chi connectivity index (χ0) is 17.6. The van der Waals surface area contributed by atoms with E-state index in [1.165, 1.54) is 19.3 Å². The van der Waals surface area contributed by atoms with Gasteiger partial charge in [-0.1, -0.05) is 18.6 Å². The van der Waals surface area contributed by atoms with Gasteiger partial charge in [0.25, 0.3) is 0 Å². The van der Waals surface area contributed by atoms with Gasteiger partial charge in [-0.2, -0.15) is 0 Å². The maximum atomic E-state index is 12.9. The Kier molecular flexibility index (Phi) is 4.28. The monoisotopic (exact) mass is 341 g/mol. The van der Waals surface area contributed by atoms with Crippen molar-refractivity contribution in [3.63, 3.8) is 0 Å². The minimum absolute atomic E-state index is 0.108. The number of rotatable bonds is 4. The molecule has 5 heteroatoms. The first-order chi connectivity index (χ1) is 12.0. The number of carbonyl (C=O) groups excluding carboxylic acids is 2. The quantitative estimate of drug-likeness (QED) is 0.910. The molecule has 1 aliphatic heterocycles. The van der Waals surface area contributed by atoms with Gasteiger partial charge in [0.05, 0.1) is 0 Å². The number of nitrogens with two attached hydrogens (primary N) is 1. The molecule has 0 radical (unpaired) electrons. The van der Waals surface area contributed by atoms with Crippen molar-refractivity contribution in [3.8, 4) is 0 Å². The Labute approximate surface area is 149 Å². The number of hydrogen-bond donors (Lipinski definition) is 1. The molecule has 3 fully saturated rings. The summed E-state index contributed by atoms with van der Waals surface area (Å²) in [5, 5.41) is 0. The lowest BCUT2D eigenvalue weighted by molar-refractivity contribution is -0.138. The first-order valence-corrected chi connectivity index (χ1v) is 9.49. The molecule has 1 aromatic rings. The van der Waals surface area contributed by atoms with E-state index in [4.69, 9.17) is 5.73 Å². The number of hydrogen-bond acceptors (Lipinski definition) is 3. The van der Waals surface area contributed by atoms with Crippen LogP contribution in [-0.4, -0.2) is 53.3 Å². The van der Waals surface area contributed by atoms with E-state index in [9.17, 15) is 9.59 Å². The Balaban J connectivity index is 1.35. The first-order valence-electron chi connectivity index (χ1n) is 9.49. The summed E-state index contributed by atoms with van der Waals surface area (Å²) < 4.78 is 0. The average Bonchev–Trinajstić information content (AvgIpc) is 3.33. The van der Waals surface area contributed by atoms with E-state index in [1.54, 1.807) is 12.1 Å². The third-order valence-corrected chi connectivity index (χ3v) is 6.26. The van der Waals surface area contributed by atoms with Crippen molar-refractivity contribution in [1.29, 1.82) is 0 Å². The summed E-state index contributed by atoms with van der Waals surface area (Å²) in [4.78, 5) is 28.8. The number of primary amides is 1. The smallest absolute Gasteiger partial charge is 0.248 e. The Morgan fingerprint density at radius 1 is 1.12 bits per heavy atom. The number of amides is 2. The van der Waals surface area contributed by atoms with E-state index >= 15 is 0 Å². The van der Waals surface area contributed by atoms with Crippen LogP contribution in [0.2, 0.25) is 0 Å². The van der Waals surface area contributed by atoms with Gasteiger partial charge >= 0.3 is 0 Å². The van der Waals surface area contributed by atoms with Gasteiger partial charge in [0, 0.05) is 43.2 Å². The number of nitrogens with zero attached hydrogens (tertiary/aromatic N) is 2. The van der Waals surface area contributed by atoms with Crippen LogP contribution in [0, 0.1) is 5.92 Å². The molecule has 5 nitrogen and oxygen atoms in total. The van der Waals surface area contributed by atoms with E-state index in [0.717, 1.165) is 37.7 Å². The molecule has 1 heterocycles. The lowest BCUT2D eigenvalue weighted by Crippen LogP contribution is -2.58. The highest BCUT2D eigenvalue weighted by Gasteiger charge is 2.47. The van der Waals surface area contributed by atoms with Crippen molar-refractivity contribution in [2.24, 2.45) is 11.7 Å². The highest BCUT2D eigenvalue weighted by molar-refractivity contribution is 5.92. The van der Waals surface area contributed by atoms with Gasteiger partial charge < -0.3 is 10.6 Å². The maximum Gasteiger partial charge on any atom is 0.248 e. The molecule has 2 saturated carbocycles. The fourth-order valence-corrected chi connectivity index (χ4v) is 4.34. The summed E-state index contributed by atoms with van der Waals surface area (Å²) in [5.74, 6) is 0.307. The lowest BCUT2D eigenvalue weighted by Gasteiger charge is -2.46. The summed E-state index contributed by atoms with van der Waals surface area (Å²) in [6.45, 7) is 5.08. The van der Waals surface area contributed by atoms with Crippen molar-refractivity contribution in [2.45, 2.75) is 50.6 Å². The van der Waals surface area contributed by atoms with Gasteiger partial charge in [0.1, 0.15) is 0 Å². The molecule has 3 atom stereocenters. The molecular weight excluding hydrogens is 314 g/mol. The molecule has 134 valence electrons. The zero-order valence-corrected chi connectivity index (χ0v) is 14.9. The fourth-order valence-electron chi connectivity index (χ4n) is 4.34. The minimum Gasteiger partial charge on any atom is -0.366 e. The van der Waals surface area contributed by atoms with Gasteiger partial charge in [-0.25, -0.2) is 0 Å². The third-order valence-electron chi connectivity index (χ3n) is 6.26. The van der Waals surface area contributed by atoms with Crippen molar-refractivity contribution in [2.75, 3.05) is 19.6 Å². The SMILES string of the molecule is C[C@H]1CN(C2CCC2)CCN1C(=O)[C@@H]1C[C@H]1c1ccc(C(N)=O)cc1. The Morgan fingerprint density at radius 3 is 2.40 bits per heavy atom. The van der Waals surface area contributed by atoms with Crippen LogP contribution in [0.5, 0.6) is 0 Å². The highest BCUT2D eigenvalue weighted by Crippen LogP contribution is 2.48. The van der Waals surface area contributed by atoms with Crippen LogP contribution in [0.3, 0.4) is 0 Å². The lowest BCUT2D eigenvalue weighted by atomic mass is 9.90. The van der Waals surface area contributed by atoms with Crippen LogP contribution in [0.4, 0.5) is 0 Å². The third kappa shape index (κ3) is 3.17. The van der Waals surface area contributed by atoms with Crippen LogP contribution in [0.15, 0.2) is 24.3 Å². The molecule has 1 saturated heterocycles. The molecule has 25 heavy (non-hydrogen) atoms. The molecule has 2 amide bonds. The van der Waals surface area contributed by atoms with Crippen LogP contribution in [-0.2, 0) is 4.79 Å². The zero-order valence-electron chi connectivity index (χ0n) is 14.9. The van der Waals surface area contributed by atoms with Crippen LogP contribution in [0.1, 0.15) is 54.4 Å². The molecule has 2 N–H and O–H groups in total. The highest BCUT2D eigenvalue weighted by atomic mass is 16.2. The molecule has 0 unspecified atom stereocenters. The van der Waals surface area contributed by atoms with Gasteiger partial charge in [0.2, 0.25) is 11.8 Å². The number of carbonyl (C=O) groups is 2. The van der Waals surface area contributed by atoms with Gasteiger partial charge in [-0.3, -0.25) is 14.5 Å². The maximum absolute atomic E-state index is 12.9. The molecule has 4 rings (SSSR count). The predicted molar refractivity (Wildman–Crippen MR) is 96.2 cm³/mol. The first kappa shape index (κ1) is 16.6. The molecule has 0 bridgehead atoms. The van der Waals surface area contributed by atoms with Crippen molar-refractivity contribution in [3.05, 3.63) is 35.4 Å². The fraction of sp³-hybridized carbons (Fsp3) is 0.600. The van der Waals surface area contributed by atoms with Crippen LogP contribution >= 0.6 is 0 Å². The van der Waals surface area contributed by atoms with E-state index in [0.29, 0.717) is 23.4 Å². The normalized spacial score (nSPS) is 30.0. The largest absolute Gasteiger partial charge is 0.366 e. The van der Waals surface area contributed by atoms with E-state index in [-0.39, 0.29) is 5.92 Å². The summed E-state index contributed by atoms with van der Waals surface area (Å²) in [6.07, 6.45) is 4.93. The molecule has 0 spiro atoms. The van der Waals surface area contributed by atoms with Gasteiger partial charge in [-0.15, -0.1) is 0 Å². The second-order valence-electron chi connectivity index (χ2n) is 7.90. The van der Waals surface area contributed by atoms with Crippen molar-refractivity contribution >= 4 is 11.8 Å². The summed E-state index contributed by atoms with van der Waals surface area (Å²) in [6, 6.07) is 8.47. The van der Waals surface area contributed by atoms with Gasteiger partial charge in [0.15, 0.2) is 0 Å². The van der Waals surface area contributed by atoms with Crippen molar-refractivity contribution < 1.29 is 9.59 Å². The Morgan fingerprint density at radius 2 is 1.84 bits per heavy atom.